The Hall–Kier alpha value is -1.10. The van der Waals surface area contributed by atoms with Gasteiger partial charge >= 0.3 is 0 Å². The van der Waals surface area contributed by atoms with E-state index >= 15 is 0 Å². The number of rotatable bonds is 2. The van der Waals surface area contributed by atoms with Crippen LogP contribution in [0, 0.1) is 0 Å². The first kappa shape index (κ1) is 9.98. The molecule has 0 aliphatic rings. The number of hydrogen-bond donors (Lipinski definition) is 2. The highest BCUT2D eigenvalue weighted by Crippen LogP contribution is 2.21. The monoisotopic (exact) mass is 198 g/mol. The van der Waals surface area contributed by atoms with Crippen LogP contribution in [0.2, 0.25) is 0 Å². The molecule has 0 bridgehead atoms. The van der Waals surface area contributed by atoms with Crippen molar-refractivity contribution in [2.45, 2.75) is 19.8 Å². The summed E-state index contributed by atoms with van der Waals surface area (Å²) >= 11 is 4.76. The van der Waals surface area contributed by atoms with Crippen LogP contribution in [-0.4, -0.2) is 14.9 Å². The predicted octanol–water partition coefficient (Wildman–Crippen LogP) is 1.20. The lowest BCUT2D eigenvalue weighted by atomic mass is 10.1. The minimum Gasteiger partial charge on any atom is -0.376 e. The SMILES string of the molecule is CC(C)c1nn(C)cc1NC(N)=S. The van der Waals surface area contributed by atoms with Gasteiger partial charge in [0.15, 0.2) is 5.11 Å². The van der Waals surface area contributed by atoms with E-state index in [1.165, 1.54) is 0 Å². The van der Waals surface area contributed by atoms with E-state index in [-0.39, 0.29) is 5.11 Å². The van der Waals surface area contributed by atoms with Crippen LogP contribution in [0.15, 0.2) is 6.20 Å². The highest BCUT2D eigenvalue weighted by molar-refractivity contribution is 7.80. The van der Waals surface area contributed by atoms with Gasteiger partial charge in [0.1, 0.15) is 0 Å². The molecule has 1 rings (SSSR count). The third-order valence-corrected chi connectivity index (χ3v) is 1.76. The molecule has 0 saturated carbocycles. The summed E-state index contributed by atoms with van der Waals surface area (Å²) in [4.78, 5) is 0. The highest BCUT2D eigenvalue weighted by Gasteiger charge is 2.10. The maximum atomic E-state index is 5.39. The first-order valence-electron chi connectivity index (χ1n) is 4.10. The summed E-state index contributed by atoms with van der Waals surface area (Å²) in [6, 6.07) is 0. The van der Waals surface area contributed by atoms with Crippen molar-refractivity contribution in [2.75, 3.05) is 5.32 Å². The molecule has 3 N–H and O–H groups in total. The fraction of sp³-hybridized carbons (Fsp3) is 0.500. The van der Waals surface area contributed by atoms with E-state index < -0.39 is 0 Å². The van der Waals surface area contributed by atoms with E-state index in [1.807, 2.05) is 13.2 Å². The molecular formula is C8H14N4S. The molecule has 1 aromatic rings. The van der Waals surface area contributed by atoms with E-state index in [2.05, 4.69) is 24.3 Å². The lowest BCUT2D eigenvalue weighted by molar-refractivity contribution is 0.713. The van der Waals surface area contributed by atoms with Crippen molar-refractivity contribution < 1.29 is 0 Å². The smallest absolute Gasteiger partial charge is 0.168 e. The number of nitrogens with two attached hydrogens (primary N) is 1. The summed E-state index contributed by atoms with van der Waals surface area (Å²) in [5.74, 6) is 0.359. The fourth-order valence-electron chi connectivity index (χ4n) is 1.16. The Morgan fingerprint density at radius 2 is 2.31 bits per heavy atom. The van der Waals surface area contributed by atoms with Gasteiger partial charge in [-0.1, -0.05) is 13.8 Å². The van der Waals surface area contributed by atoms with Gasteiger partial charge in [0.2, 0.25) is 0 Å². The molecule has 0 aromatic carbocycles. The third kappa shape index (κ3) is 2.42. The van der Waals surface area contributed by atoms with E-state index in [9.17, 15) is 0 Å². The second-order valence-electron chi connectivity index (χ2n) is 3.25. The van der Waals surface area contributed by atoms with Crippen LogP contribution in [0.4, 0.5) is 5.69 Å². The lowest BCUT2D eigenvalue weighted by Gasteiger charge is -2.05. The Bertz CT molecular complexity index is 316. The molecule has 0 atom stereocenters. The average Bonchev–Trinajstić information content (AvgIpc) is 2.29. The second kappa shape index (κ2) is 3.74. The molecule has 0 unspecified atom stereocenters. The number of hydrogen-bond acceptors (Lipinski definition) is 2. The van der Waals surface area contributed by atoms with Gasteiger partial charge in [-0.2, -0.15) is 5.10 Å². The molecule has 0 aliphatic carbocycles. The largest absolute Gasteiger partial charge is 0.376 e. The summed E-state index contributed by atoms with van der Waals surface area (Å²) in [7, 11) is 1.87. The molecule has 72 valence electrons. The van der Waals surface area contributed by atoms with Gasteiger partial charge in [-0.3, -0.25) is 4.68 Å². The molecule has 1 aromatic heterocycles. The molecule has 1 heterocycles. The van der Waals surface area contributed by atoms with Gasteiger partial charge in [0.05, 0.1) is 11.4 Å². The van der Waals surface area contributed by atoms with Crippen molar-refractivity contribution in [3.63, 3.8) is 0 Å². The molecule has 0 amide bonds. The molecule has 4 nitrogen and oxygen atoms in total. The van der Waals surface area contributed by atoms with Gasteiger partial charge in [-0.25, -0.2) is 0 Å². The summed E-state index contributed by atoms with van der Waals surface area (Å²) in [6.07, 6.45) is 1.87. The summed E-state index contributed by atoms with van der Waals surface area (Å²) in [5.41, 5.74) is 7.26. The van der Waals surface area contributed by atoms with Crippen molar-refractivity contribution in [2.24, 2.45) is 12.8 Å². The zero-order chi connectivity index (χ0) is 10.0. The van der Waals surface area contributed by atoms with Crippen molar-refractivity contribution >= 4 is 23.0 Å². The van der Waals surface area contributed by atoms with E-state index in [0.717, 1.165) is 11.4 Å². The quantitative estimate of drug-likeness (QED) is 0.701. The van der Waals surface area contributed by atoms with E-state index in [1.54, 1.807) is 4.68 Å². The molecule has 0 fully saturated rings. The van der Waals surface area contributed by atoms with Gasteiger partial charge in [-0.05, 0) is 18.1 Å². The number of thiocarbonyl (C=S) groups is 1. The fourth-order valence-corrected chi connectivity index (χ4v) is 1.27. The van der Waals surface area contributed by atoms with E-state index in [4.69, 9.17) is 18.0 Å². The Morgan fingerprint density at radius 3 is 2.77 bits per heavy atom. The Morgan fingerprint density at radius 1 is 1.69 bits per heavy atom. The van der Waals surface area contributed by atoms with Crippen LogP contribution < -0.4 is 11.1 Å². The Kier molecular flexibility index (Phi) is 2.87. The van der Waals surface area contributed by atoms with Crippen molar-refractivity contribution in [3.05, 3.63) is 11.9 Å². The number of nitrogens with one attached hydrogen (secondary N) is 1. The summed E-state index contributed by atoms with van der Waals surface area (Å²) in [5, 5.41) is 7.48. The number of aromatic nitrogens is 2. The van der Waals surface area contributed by atoms with Gasteiger partial charge in [0.25, 0.3) is 0 Å². The van der Waals surface area contributed by atoms with Crippen LogP contribution >= 0.6 is 12.2 Å². The predicted molar refractivity (Wildman–Crippen MR) is 57.7 cm³/mol. The topological polar surface area (TPSA) is 55.9 Å². The van der Waals surface area contributed by atoms with Gasteiger partial charge in [-0.15, -0.1) is 0 Å². The maximum Gasteiger partial charge on any atom is 0.168 e. The number of anilines is 1. The number of nitrogens with zero attached hydrogens (tertiary/aromatic N) is 2. The summed E-state index contributed by atoms with van der Waals surface area (Å²) < 4.78 is 1.75. The van der Waals surface area contributed by atoms with Crippen LogP contribution in [0.1, 0.15) is 25.5 Å². The normalized spacial score (nSPS) is 10.5. The van der Waals surface area contributed by atoms with Crippen LogP contribution in [0.3, 0.4) is 0 Å². The number of aryl methyl sites for hydroxylation is 1. The first-order chi connectivity index (χ1) is 6.00. The van der Waals surface area contributed by atoms with Crippen molar-refractivity contribution in [1.29, 1.82) is 0 Å². The molecular weight excluding hydrogens is 184 g/mol. The molecule has 0 saturated heterocycles. The standard InChI is InChI=1S/C8H14N4S/c1-5(2)7-6(10-8(9)13)4-12(3)11-7/h4-5H,1-3H3,(H3,9,10,13). The van der Waals surface area contributed by atoms with Crippen LogP contribution in [0.5, 0.6) is 0 Å². The molecule has 5 heteroatoms. The molecule has 13 heavy (non-hydrogen) atoms. The van der Waals surface area contributed by atoms with Gasteiger partial charge in [0, 0.05) is 13.2 Å². The maximum absolute atomic E-state index is 5.39. The Labute approximate surface area is 83.1 Å². The van der Waals surface area contributed by atoms with Crippen LogP contribution in [-0.2, 0) is 7.05 Å². The summed E-state index contributed by atoms with van der Waals surface area (Å²) in [6.45, 7) is 4.15. The first-order valence-corrected chi connectivity index (χ1v) is 4.51. The second-order valence-corrected chi connectivity index (χ2v) is 3.69. The zero-order valence-electron chi connectivity index (χ0n) is 8.03. The minimum absolute atomic E-state index is 0.273. The lowest BCUT2D eigenvalue weighted by Crippen LogP contribution is -2.19. The molecule has 0 spiro atoms. The zero-order valence-corrected chi connectivity index (χ0v) is 8.85. The molecule has 0 radical (unpaired) electrons. The van der Waals surface area contributed by atoms with E-state index in [0.29, 0.717) is 5.92 Å². The van der Waals surface area contributed by atoms with Crippen LogP contribution in [0.25, 0.3) is 0 Å². The average molecular weight is 198 g/mol. The minimum atomic E-state index is 0.273. The highest BCUT2D eigenvalue weighted by atomic mass is 32.1. The van der Waals surface area contributed by atoms with Crippen molar-refractivity contribution in [1.82, 2.24) is 9.78 Å². The molecule has 0 aliphatic heterocycles. The van der Waals surface area contributed by atoms with Gasteiger partial charge < -0.3 is 11.1 Å². The van der Waals surface area contributed by atoms with Crippen molar-refractivity contribution in [3.8, 4) is 0 Å². The Balaban J connectivity index is 2.97. The third-order valence-electron chi connectivity index (χ3n) is 1.66.